The molecular weight excluding hydrogens is 98.1 g/mol. The number of hydrogen-bond donors (Lipinski definition) is 1. The van der Waals surface area contributed by atoms with Gasteiger partial charge in [-0.1, -0.05) is 12.2 Å². The number of rotatable bonds is 0. The molecule has 0 aromatic rings. The van der Waals surface area contributed by atoms with Gasteiger partial charge in [0.1, 0.15) is 0 Å². The van der Waals surface area contributed by atoms with Gasteiger partial charge in [0, 0.05) is 6.04 Å². The van der Waals surface area contributed by atoms with Gasteiger partial charge in [0.15, 0.2) is 0 Å². The molecule has 1 atom stereocenters. The van der Waals surface area contributed by atoms with Gasteiger partial charge in [-0.2, -0.15) is 0 Å². The van der Waals surface area contributed by atoms with Gasteiger partial charge in [-0.3, -0.25) is 0 Å². The van der Waals surface area contributed by atoms with Crippen molar-refractivity contribution < 1.29 is 0 Å². The van der Waals surface area contributed by atoms with E-state index < -0.39 is 0 Å². The van der Waals surface area contributed by atoms with Crippen molar-refractivity contribution in [3.05, 3.63) is 12.2 Å². The standard InChI is InChI=1S/C7H13N/c8-7-5-3-1-2-4-6-7/h1,3,7H,2,4-6,8H2. The van der Waals surface area contributed by atoms with Crippen LogP contribution in [0.5, 0.6) is 0 Å². The average molecular weight is 111 g/mol. The molecule has 1 rings (SSSR count). The van der Waals surface area contributed by atoms with Gasteiger partial charge in [-0.05, 0) is 25.7 Å². The molecule has 0 amide bonds. The van der Waals surface area contributed by atoms with E-state index in [2.05, 4.69) is 12.2 Å². The van der Waals surface area contributed by atoms with Crippen LogP contribution in [0.25, 0.3) is 0 Å². The van der Waals surface area contributed by atoms with Crippen LogP contribution in [0.15, 0.2) is 12.2 Å². The van der Waals surface area contributed by atoms with E-state index in [9.17, 15) is 0 Å². The highest BCUT2D eigenvalue weighted by atomic mass is 14.6. The first-order valence-corrected chi connectivity index (χ1v) is 3.30. The second-order valence-corrected chi connectivity index (χ2v) is 2.40. The molecule has 0 aliphatic heterocycles. The molecule has 8 heavy (non-hydrogen) atoms. The Morgan fingerprint density at radius 3 is 3.12 bits per heavy atom. The van der Waals surface area contributed by atoms with Crippen LogP contribution >= 0.6 is 0 Å². The van der Waals surface area contributed by atoms with Crippen molar-refractivity contribution in [2.45, 2.75) is 31.7 Å². The van der Waals surface area contributed by atoms with Gasteiger partial charge < -0.3 is 5.73 Å². The monoisotopic (exact) mass is 111 g/mol. The fraction of sp³-hybridized carbons (Fsp3) is 0.714. The van der Waals surface area contributed by atoms with Crippen molar-refractivity contribution in [3.8, 4) is 0 Å². The maximum Gasteiger partial charge on any atom is 0.00735 e. The summed E-state index contributed by atoms with van der Waals surface area (Å²) in [5.41, 5.74) is 5.68. The lowest BCUT2D eigenvalue weighted by molar-refractivity contribution is 0.608. The van der Waals surface area contributed by atoms with E-state index in [1.54, 1.807) is 0 Å². The Balaban J connectivity index is 2.30. The Morgan fingerprint density at radius 1 is 1.38 bits per heavy atom. The van der Waals surface area contributed by atoms with Gasteiger partial charge in [-0.25, -0.2) is 0 Å². The molecule has 1 heteroatoms. The molecule has 0 saturated heterocycles. The largest absolute Gasteiger partial charge is 0.327 e. The molecule has 0 aromatic carbocycles. The summed E-state index contributed by atoms with van der Waals surface area (Å²) in [7, 11) is 0. The zero-order valence-corrected chi connectivity index (χ0v) is 5.14. The molecule has 2 N–H and O–H groups in total. The summed E-state index contributed by atoms with van der Waals surface area (Å²) in [4.78, 5) is 0. The molecule has 1 unspecified atom stereocenters. The zero-order chi connectivity index (χ0) is 5.82. The topological polar surface area (TPSA) is 26.0 Å². The van der Waals surface area contributed by atoms with Crippen molar-refractivity contribution in [2.24, 2.45) is 5.73 Å². The number of hydrogen-bond acceptors (Lipinski definition) is 1. The third-order valence-corrected chi connectivity index (χ3v) is 1.55. The Hall–Kier alpha value is -0.300. The van der Waals surface area contributed by atoms with Crippen molar-refractivity contribution in [2.75, 3.05) is 0 Å². The van der Waals surface area contributed by atoms with Crippen molar-refractivity contribution in [3.63, 3.8) is 0 Å². The lowest BCUT2D eigenvalue weighted by atomic mass is 10.1. The minimum absolute atomic E-state index is 0.439. The van der Waals surface area contributed by atoms with Crippen LogP contribution in [-0.4, -0.2) is 6.04 Å². The van der Waals surface area contributed by atoms with Crippen LogP contribution in [0.4, 0.5) is 0 Å². The van der Waals surface area contributed by atoms with E-state index in [0.717, 1.165) is 6.42 Å². The fourth-order valence-electron chi connectivity index (χ4n) is 1.00. The minimum atomic E-state index is 0.439. The first-order valence-electron chi connectivity index (χ1n) is 3.30. The predicted molar refractivity (Wildman–Crippen MR) is 35.6 cm³/mol. The maximum atomic E-state index is 5.68. The molecule has 0 spiro atoms. The summed E-state index contributed by atoms with van der Waals surface area (Å²) in [5, 5.41) is 0. The van der Waals surface area contributed by atoms with Crippen LogP contribution in [0, 0.1) is 0 Å². The lowest BCUT2D eigenvalue weighted by Gasteiger charge is -2.02. The molecule has 46 valence electrons. The smallest absolute Gasteiger partial charge is 0.00735 e. The van der Waals surface area contributed by atoms with Crippen LogP contribution in [0.3, 0.4) is 0 Å². The molecule has 1 aliphatic rings. The van der Waals surface area contributed by atoms with E-state index in [1.807, 2.05) is 0 Å². The summed E-state index contributed by atoms with van der Waals surface area (Å²) in [6, 6.07) is 0.439. The normalized spacial score (nSPS) is 29.9. The molecule has 0 bridgehead atoms. The van der Waals surface area contributed by atoms with Crippen molar-refractivity contribution in [1.82, 2.24) is 0 Å². The molecule has 0 radical (unpaired) electrons. The van der Waals surface area contributed by atoms with Crippen LogP contribution in [0.2, 0.25) is 0 Å². The molecule has 1 nitrogen and oxygen atoms in total. The Morgan fingerprint density at radius 2 is 2.25 bits per heavy atom. The highest BCUT2D eigenvalue weighted by Gasteiger charge is 2.00. The van der Waals surface area contributed by atoms with Crippen molar-refractivity contribution in [1.29, 1.82) is 0 Å². The first-order chi connectivity index (χ1) is 3.89. The van der Waals surface area contributed by atoms with E-state index >= 15 is 0 Å². The van der Waals surface area contributed by atoms with E-state index in [4.69, 9.17) is 5.73 Å². The van der Waals surface area contributed by atoms with Gasteiger partial charge in [0.25, 0.3) is 0 Å². The van der Waals surface area contributed by atoms with Gasteiger partial charge in [0.2, 0.25) is 0 Å². The Kier molecular flexibility index (Phi) is 2.10. The fourth-order valence-corrected chi connectivity index (χ4v) is 1.00. The lowest BCUT2D eigenvalue weighted by Crippen LogP contribution is -2.17. The second-order valence-electron chi connectivity index (χ2n) is 2.40. The third-order valence-electron chi connectivity index (χ3n) is 1.55. The van der Waals surface area contributed by atoms with Crippen molar-refractivity contribution >= 4 is 0 Å². The van der Waals surface area contributed by atoms with Crippen LogP contribution < -0.4 is 5.73 Å². The van der Waals surface area contributed by atoms with E-state index in [1.165, 1.54) is 19.3 Å². The average Bonchev–Trinajstić information content (AvgIpc) is 1.94. The SMILES string of the molecule is NC1CC=CCCC1. The summed E-state index contributed by atoms with van der Waals surface area (Å²) in [5.74, 6) is 0. The summed E-state index contributed by atoms with van der Waals surface area (Å²) < 4.78 is 0. The van der Waals surface area contributed by atoms with E-state index in [-0.39, 0.29) is 0 Å². The predicted octanol–water partition coefficient (Wildman–Crippen LogP) is 1.44. The second kappa shape index (κ2) is 2.88. The molecule has 1 aliphatic carbocycles. The summed E-state index contributed by atoms with van der Waals surface area (Å²) in [6.45, 7) is 0. The summed E-state index contributed by atoms with van der Waals surface area (Å²) >= 11 is 0. The van der Waals surface area contributed by atoms with Gasteiger partial charge in [-0.15, -0.1) is 0 Å². The first kappa shape index (κ1) is 5.83. The molecular formula is C7H13N. The number of allylic oxidation sites excluding steroid dienone is 1. The quantitative estimate of drug-likeness (QED) is 0.470. The van der Waals surface area contributed by atoms with Crippen LogP contribution in [0.1, 0.15) is 25.7 Å². The maximum absolute atomic E-state index is 5.68. The van der Waals surface area contributed by atoms with Crippen LogP contribution in [-0.2, 0) is 0 Å². The minimum Gasteiger partial charge on any atom is -0.327 e. The third kappa shape index (κ3) is 1.66. The Labute approximate surface area is 50.6 Å². The number of nitrogens with two attached hydrogens (primary N) is 1. The highest BCUT2D eigenvalue weighted by molar-refractivity contribution is 4.88. The van der Waals surface area contributed by atoms with Gasteiger partial charge in [0.05, 0.1) is 0 Å². The molecule has 0 heterocycles. The van der Waals surface area contributed by atoms with Gasteiger partial charge >= 0.3 is 0 Å². The zero-order valence-electron chi connectivity index (χ0n) is 5.14. The Bertz CT molecular complexity index is 86.4. The molecule has 0 fully saturated rings. The van der Waals surface area contributed by atoms with E-state index in [0.29, 0.717) is 6.04 Å². The molecule has 0 aromatic heterocycles. The summed E-state index contributed by atoms with van der Waals surface area (Å²) in [6.07, 6.45) is 9.21. The highest BCUT2D eigenvalue weighted by Crippen LogP contribution is 2.08. The molecule has 0 saturated carbocycles.